The van der Waals surface area contributed by atoms with Crippen molar-refractivity contribution in [3.63, 3.8) is 0 Å². The Balaban J connectivity index is 4.17. The third kappa shape index (κ3) is 5.08. The van der Waals surface area contributed by atoms with Crippen LogP contribution in [0.5, 0.6) is 0 Å². The fourth-order valence-electron chi connectivity index (χ4n) is 0.212. The SMILES string of the molecule is CP(=O)(ON)OP(=O)(O)O. The second kappa shape index (κ2) is 3.11. The van der Waals surface area contributed by atoms with Gasteiger partial charge in [0.15, 0.2) is 0 Å². The molecule has 7 nitrogen and oxygen atoms in total. The van der Waals surface area contributed by atoms with Crippen molar-refractivity contribution in [2.24, 2.45) is 5.90 Å². The summed E-state index contributed by atoms with van der Waals surface area (Å²) in [4.78, 5) is 16.1. The van der Waals surface area contributed by atoms with E-state index in [2.05, 4.69) is 14.8 Å². The number of hydrogen-bond acceptors (Lipinski definition) is 5. The van der Waals surface area contributed by atoms with Gasteiger partial charge in [-0.2, -0.15) is 0 Å². The summed E-state index contributed by atoms with van der Waals surface area (Å²) >= 11 is 0. The molecular weight excluding hydrogens is 184 g/mol. The molecule has 0 amide bonds. The van der Waals surface area contributed by atoms with Crippen molar-refractivity contribution < 1.29 is 27.9 Å². The Labute approximate surface area is 56.9 Å². The Hall–Kier alpha value is 0.260. The number of rotatable bonds is 3. The van der Waals surface area contributed by atoms with Crippen LogP contribution in [0, 0.1) is 0 Å². The van der Waals surface area contributed by atoms with E-state index >= 15 is 0 Å². The lowest BCUT2D eigenvalue weighted by Crippen LogP contribution is -1.97. The van der Waals surface area contributed by atoms with Crippen LogP contribution < -0.4 is 5.90 Å². The molecule has 0 aromatic carbocycles. The lowest BCUT2D eigenvalue weighted by atomic mass is 12.0. The number of hydrogen-bond donors (Lipinski definition) is 3. The van der Waals surface area contributed by atoms with Crippen LogP contribution in [0.1, 0.15) is 0 Å². The van der Waals surface area contributed by atoms with E-state index in [-0.39, 0.29) is 0 Å². The van der Waals surface area contributed by atoms with Crippen LogP contribution in [-0.4, -0.2) is 16.5 Å². The molecule has 62 valence electrons. The van der Waals surface area contributed by atoms with E-state index in [9.17, 15) is 9.13 Å². The molecule has 0 aromatic heterocycles. The van der Waals surface area contributed by atoms with Gasteiger partial charge in [0, 0.05) is 6.66 Å². The molecule has 0 radical (unpaired) electrons. The molecule has 0 aliphatic rings. The predicted octanol–water partition coefficient (Wildman–Crippen LogP) is -0.191. The average Bonchev–Trinajstić information content (AvgIpc) is 1.60. The van der Waals surface area contributed by atoms with E-state index in [4.69, 9.17) is 9.79 Å². The third-order valence-corrected chi connectivity index (χ3v) is 2.87. The Bertz CT molecular complexity index is 194. The van der Waals surface area contributed by atoms with Gasteiger partial charge in [-0.25, -0.2) is 19.4 Å². The topological polar surface area (TPSA) is 119 Å². The van der Waals surface area contributed by atoms with Crippen LogP contribution in [0.3, 0.4) is 0 Å². The third-order valence-electron chi connectivity index (χ3n) is 0.446. The first-order valence-corrected chi connectivity index (χ1v) is 5.52. The van der Waals surface area contributed by atoms with E-state index in [1.165, 1.54) is 0 Å². The lowest BCUT2D eigenvalue weighted by molar-refractivity contribution is 0.232. The molecule has 0 heterocycles. The van der Waals surface area contributed by atoms with Crippen molar-refractivity contribution in [3.8, 4) is 0 Å². The molecule has 0 saturated carbocycles. The monoisotopic (exact) mass is 191 g/mol. The predicted molar refractivity (Wildman–Crippen MR) is 31.9 cm³/mol. The van der Waals surface area contributed by atoms with Crippen molar-refractivity contribution in [1.82, 2.24) is 0 Å². The zero-order valence-electron chi connectivity index (χ0n) is 5.00. The maximum atomic E-state index is 10.5. The first-order valence-electron chi connectivity index (χ1n) is 2.00. The quantitative estimate of drug-likeness (QED) is 0.417. The summed E-state index contributed by atoms with van der Waals surface area (Å²) in [6, 6.07) is 0. The molecule has 10 heavy (non-hydrogen) atoms. The largest absolute Gasteiger partial charge is 0.476 e. The minimum atomic E-state index is -4.77. The molecule has 9 heteroatoms. The van der Waals surface area contributed by atoms with Gasteiger partial charge in [-0.15, -0.1) is 0 Å². The van der Waals surface area contributed by atoms with E-state index in [0.29, 0.717) is 0 Å². The normalized spacial score (nSPS) is 18.4. The molecule has 0 aliphatic carbocycles. The molecule has 0 fully saturated rings. The minimum absolute atomic E-state index is 0.839. The molecule has 0 spiro atoms. The van der Waals surface area contributed by atoms with Crippen LogP contribution in [0.15, 0.2) is 0 Å². The molecule has 4 N–H and O–H groups in total. The Morgan fingerprint density at radius 2 is 1.80 bits per heavy atom. The second-order valence-electron chi connectivity index (χ2n) is 1.45. The average molecular weight is 191 g/mol. The van der Waals surface area contributed by atoms with Crippen molar-refractivity contribution in [3.05, 3.63) is 0 Å². The highest BCUT2D eigenvalue weighted by Crippen LogP contribution is 2.56. The minimum Gasteiger partial charge on any atom is -0.302 e. The fourth-order valence-corrected chi connectivity index (χ4v) is 1.91. The van der Waals surface area contributed by atoms with Crippen LogP contribution >= 0.6 is 15.4 Å². The zero-order valence-corrected chi connectivity index (χ0v) is 6.79. The first kappa shape index (κ1) is 10.3. The Kier molecular flexibility index (Phi) is 3.19. The summed E-state index contributed by atoms with van der Waals surface area (Å²) in [6.07, 6.45) is 0. The van der Waals surface area contributed by atoms with Crippen molar-refractivity contribution in [1.29, 1.82) is 0 Å². The van der Waals surface area contributed by atoms with Gasteiger partial charge >= 0.3 is 15.4 Å². The highest BCUT2D eigenvalue weighted by atomic mass is 31.3. The second-order valence-corrected chi connectivity index (χ2v) is 4.84. The van der Waals surface area contributed by atoms with Gasteiger partial charge in [-0.3, -0.25) is 4.57 Å². The summed E-state index contributed by atoms with van der Waals surface area (Å²) in [5.74, 6) is 4.38. The van der Waals surface area contributed by atoms with Crippen molar-refractivity contribution in [2.45, 2.75) is 0 Å². The smallest absolute Gasteiger partial charge is 0.302 e. The molecule has 0 aliphatic heterocycles. The van der Waals surface area contributed by atoms with E-state index in [1.807, 2.05) is 0 Å². The van der Waals surface area contributed by atoms with Gasteiger partial charge in [-0.05, 0) is 0 Å². The van der Waals surface area contributed by atoms with Crippen LogP contribution in [0.4, 0.5) is 0 Å². The van der Waals surface area contributed by atoms with Crippen LogP contribution in [-0.2, 0) is 18.1 Å². The van der Waals surface area contributed by atoms with Crippen molar-refractivity contribution >= 4 is 15.4 Å². The summed E-state index contributed by atoms with van der Waals surface area (Å²) in [5.41, 5.74) is 0. The summed E-state index contributed by atoms with van der Waals surface area (Å²) in [7, 11) is -8.55. The maximum Gasteiger partial charge on any atom is 0.476 e. The van der Waals surface area contributed by atoms with Crippen LogP contribution in [0.25, 0.3) is 0 Å². The molecule has 0 saturated heterocycles. The van der Waals surface area contributed by atoms with Crippen molar-refractivity contribution in [2.75, 3.05) is 6.66 Å². The highest BCUT2D eigenvalue weighted by molar-refractivity contribution is 7.63. The Morgan fingerprint density at radius 1 is 1.40 bits per heavy atom. The fraction of sp³-hybridized carbons (Fsp3) is 1.00. The molecule has 0 bridgehead atoms. The first-order chi connectivity index (χ1) is 4.27. The molecule has 1 unspecified atom stereocenters. The molecule has 0 aromatic rings. The summed E-state index contributed by atoms with van der Waals surface area (Å²) in [6.45, 7) is 0.839. The van der Waals surface area contributed by atoms with Gasteiger partial charge in [0.05, 0.1) is 0 Å². The molecule has 0 rings (SSSR count). The van der Waals surface area contributed by atoms with E-state index < -0.39 is 15.4 Å². The van der Waals surface area contributed by atoms with Gasteiger partial charge in [0.25, 0.3) is 0 Å². The number of nitrogens with two attached hydrogens (primary N) is 1. The summed E-state index contributed by atoms with van der Waals surface area (Å²) in [5, 5.41) is 0. The maximum absolute atomic E-state index is 10.5. The van der Waals surface area contributed by atoms with Gasteiger partial charge < -0.3 is 9.79 Å². The lowest BCUT2D eigenvalue weighted by Gasteiger charge is -2.09. The molecule has 1 atom stereocenters. The zero-order chi connectivity index (χ0) is 8.41. The van der Waals surface area contributed by atoms with Crippen LogP contribution in [0.2, 0.25) is 0 Å². The van der Waals surface area contributed by atoms with E-state index in [0.717, 1.165) is 6.66 Å². The van der Waals surface area contributed by atoms with Gasteiger partial charge in [0.2, 0.25) is 0 Å². The standard InChI is InChI=1S/CH7NO6P2/c1-9(3,7-2)8-10(4,5)6/h2H2,1H3,(H2,4,5,6). The molecular formula is CH7NO6P2. The van der Waals surface area contributed by atoms with E-state index in [1.54, 1.807) is 0 Å². The Morgan fingerprint density at radius 3 is 1.90 bits per heavy atom. The number of phosphoric acid groups is 1. The summed E-state index contributed by atoms with van der Waals surface area (Å²) < 4.78 is 27.8. The van der Waals surface area contributed by atoms with Gasteiger partial charge in [-0.1, -0.05) is 0 Å². The highest BCUT2D eigenvalue weighted by Gasteiger charge is 2.28. The van der Waals surface area contributed by atoms with Gasteiger partial charge in [0.1, 0.15) is 0 Å².